The number of likely N-dealkylation sites (tertiary alicyclic amines) is 1. The Kier molecular flexibility index (Phi) is 5.55. The molecule has 24 heavy (non-hydrogen) atoms. The van der Waals surface area contributed by atoms with Gasteiger partial charge in [0, 0.05) is 18.0 Å². The Labute approximate surface area is 148 Å². The Hall–Kier alpha value is -1.01. The van der Waals surface area contributed by atoms with Gasteiger partial charge in [0.05, 0.1) is 16.1 Å². The fourth-order valence-electron chi connectivity index (χ4n) is 3.57. The van der Waals surface area contributed by atoms with Gasteiger partial charge in [-0.1, -0.05) is 38.3 Å². The minimum absolute atomic E-state index is 0.0401. The lowest BCUT2D eigenvalue weighted by molar-refractivity contribution is 0.0654. The van der Waals surface area contributed by atoms with Gasteiger partial charge in [-0.3, -0.25) is 4.79 Å². The molecule has 4 nitrogen and oxygen atoms in total. The summed E-state index contributed by atoms with van der Waals surface area (Å²) >= 11 is 1.65. The van der Waals surface area contributed by atoms with Crippen LogP contribution >= 0.6 is 11.8 Å². The average molecular weight is 368 g/mol. The zero-order valence-electron chi connectivity index (χ0n) is 14.1. The SMILES string of the molecule is CCSc1ccccc1C(=O)N1CC(S(=O)(=O)C2CCCCC2)C1. The smallest absolute Gasteiger partial charge is 0.255 e. The van der Waals surface area contributed by atoms with Crippen LogP contribution < -0.4 is 0 Å². The summed E-state index contributed by atoms with van der Waals surface area (Å²) in [6.45, 7) is 2.76. The van der Waals surface area contributed by atoms with Crippen LogP contribution in [0.5, 0.6) is 0 Å². The standard InChI is InChI=1S/C18H25NO3S2/c1-2-23-17-11-7-6-10-16(17)18(20)19-12-15(13-19)24(21,22)14-8-4-3-5-9-14/h6-7,10-11,14-15H,2-5,8-9,12-13H2,1H3. The van der Waals surface area contributed by atoms with E-state index in [9.17, 15) is 13.2 Å². The number of hydrogen-bond donors (Lipinski definition) is 0. The van der Waals surface area contributed by atoms with E-state index in [0.29, 0.717) is 18.7 Å². The van der Waals surface area contributed by atoms with Crippen molar-refractivity contribution in [1.82, 2.24) is 4.90 Å². The van der Waals surface area contributed by atoms with Gasteiger partial charge >= 0.3 is 0 Å². The highest BCUT2D eigenvalue weighted by atomic mass is 32.2. The zero-order chi connectivity index (χ0) is 17.2. The van der Waals surface area contributed by atoms with Gasteiger partial charge in [-0.15, -0.1) is 11.8 Å². The molecule has 1 heterocycles. The molecule has 1 saturated heterocycles. The highest BCUT2D eigenvalue weighted by molar-refractivity contribution is 7.99. The van der Waals surface area contributed by atoms with E-state index in [-0.39, 0.29) is 16.4 Å². The zero-order valence-corrected chi connectivity index (χ0v) is 15.7. The molecule has 0 bridgehead atoms. The summed E-state index contributed by atoms with van der Waals surface area (Å²) in [5, 5.41) is -0.549. The number of benzene rings is 1. The first-order valence-corrected chi connectivity index (χ1v) is 11.4. The van der Waals surface area contributed by atoms with Crippen molar-refractivity contribution in [2.45, 2.75) is 54.4 Å². The molecule has 0 N–H and O–H groups in total. The normalized spacial score (nSPS) is 20.0. The van der Waals surface area contributed by atoms with Gasteiger partial charge in [0.15, 0.2) is 9.84 Å². The van der Waals surface area contributed by atoms with Crippen molar-refractivity contribution in [2.24, 2.45) is 0 Å². The van der Waals surface area contributed by atoms with Crippen LogP contribution in [0, 0.1) is 0 Å². The van der Waals surface area contributed by atoms with Crippen molar-refractivity contribution in [2.75, 3.05) is 18.8 Å². The topological polar surface area (TPSA) is 54.5 Å². The van der Waals surface area contributed by atoms with Gasteiger partial charge in [-0.05, 0) is 30.7 Å². The summed E-state index contributed by atoms with van der Waals surface area (Å²) in [7, 11) is -3.09. The van der Waals surface area contributed by atoms with Crippen LogP contribution in [0.3, 0.4) is 0 Å². The number of amides is 1. The Bertz CT molecular complexity index is 690. The van der Waals surface area contributed by atoms with E-state index in [1.807, 2.05) is 24.3 Å². The lowest BCUT2D eigenvalue weighted by Crippen LogP contribution is -2.58. The molecule has 0 spiro atoms. The van der Waals surface area contributed by atoms with Gasteiger partial charge in [-0.2, -0.15) is 0 Å². The molecule has 132 valence electrons. The van der Waals surface area contributed by atoms with Crippen molar-refractivity contribution in [3.63, 3.8) is 0 Å². The first-order valence-electron chi connectivity index (χ1n) is 8.78. The van der Waals surface area contributed by atoms with Gasteiger partial charge in [0.25, 0.3) is 5.91 Å². The second-order valence-corrected chi connectivity index (χ2v) is 10.4. The van der Waals surface area contributed by atoms with Crippen LogP contribution in [-0.4, -0.2) is 48.6 Å². The van der Waals surface area contributed by atoms with Gasteiger partial charge in [0.1, 0.15) is 0 Å². The summed E-state index contributed by atoms with van der Waals surface area (Å²) in [5.41, 5.74) is 0.692. The molecule has 2 aliphatic rings. The number of nitrogens with zero attached hydrogens (tertiary/aromatic N) is 1. The molecule has 6 heteroatoms. The quantitative estimate of drug-likeness (QED) is 0.749. The van der Waals surface area contributed by atoms with Crippen LogP contribution in [0.1, 0.15) is 49.4 Å². The van der Waals surface area contributed by atoms with E-state index in [2.05, 4.69) is 6.92 Å². The number of carbonyl (C=O) groups is 1. The fraction of sp³-hybridized carbons (Fsp3) is 0.611. The predicted octanol–water partition coefficient (Wildman–Crippen LogP) is 3.37. The highest BCUT2D eigenvalue weighted by Gasteiger charge is 2.43. The molecule has 0 aromatic heterocycles. The van der Waals surface area contributed by atoms with Crippen LogP contribution in [0.4, 0.5) is 0 Å². The molecule has 1 aliphatic carbocycles. The van der Waals surface area contributed by atoms with Gasteiger partial charge < -0.3 is 4.90 Å². The summed E-state index contributed by atoms with van der Waals surface area (Å²) in [5.74, 6) is 0.866. The lowest BCUT2D eigenvalue weighted by atomic mass is 10.0. The minimum atomic E-state index is -3.09. The largest absolute Gasteiger partial charge is 0.336 e. The Balaban J connectivity index is 1.65. The molecular formula is C18H25NO3S2. The summed E-state index contributed by atoms with van der Waals surface area (Å²) in [6, 6.07) is 7.59. The second kappa shape index (κ2) is 7.48. The first kappa shape index (κ1) is 17.8. The van der Waals surface area contributed by atoms with E-state index in [4.69, 9.17) is 0 Å². The predicted molar refractivity (Wildman–Crippen MR) is 98.3 cm³/mol. The molecule has 1 aromatic rings. The summed E-state index contributed by atoms with van der Waals surface area (Å²) < 4.78 is 25.4. The van der Waals surface area contributed by atoms with E-state index in [1.165, 1.54) is 0 Å². The van der Waals surface area contributed by atoms with Crippen molar-refractivity contribution >= 4 is 27.5 Å². The van der Waals surface area contributed by atoms with Crippen LogP contribution in [0.15, 0.2) is 29.2 Å². The fourth-order valence-corrected chi connectivity index (χ4v) is 6.68. The Morgan fingerprint density at radius 2 is 1.79 bits per heavy atom. The monoisotopic (exact) mass is 367 g/mol. The third kappa shape index (κ3) is 3.49. The summed E-state index contributed by atoms with van der Waals surface area (Å²) in [6.07, 6.45) is 4.76. The molecule has 1 saturated carbocycles. The lowest BCUT2D eigenvalue weighted by Gasteiger charge is -2.41. The molecular weight excluding hydrogens is 342 g/mol. The molecule has 2 fully saturated rings. The molecule has 1 amide bonds. The molecule has 0 radical (unpaired) electrons. The Morgan fingerprint density at radius 3 is 2.46 bits per heavy atom. The second-order valence-electron chi connectivity index (χ2n) is 6.61. The van der Waals surface area contributed by atoms with E-state index in [1.54, 1.807) is 16.7 Å². The highest BCUT2D eigenvalue weighted by Crippen LogP contribution is 2.31. The maximum atomic E-state index is 12.7. The van der Waals surface area contributed by atoms with E-state index in [0.717, 1.165) is 42.8 Å². The maximum Gasteiger partial charge on any atom is 0.255 e. The molecule has 1 aromatic carbocycles. The minimum Gasteiger partial charge on any atom is -0.336 e. The number of sulfone groups is 1. The number of carbonyl (C=O) groups excluding carboxylic acids is 1. The third-order valence-corrected chi connectivity index (χ3v) is 8.62. The van der Waals surface area contributed by atoms with Crippen molar-refractivity contribution in [1.29, 1.82) is 0 Å². The number of thioether (sulfide) groups is 1. The first-order chi connectivity index (χ1) is 11.5. The number of hydrogen-bond acceptors (Lipinski definition) is 4. The van der Waals surface area contributed by atoms with Crippen LogP contribution in [-0.2, 0) is 9.84 Å². The molecule has 0 unspecified atom stereocenters. The van der Waals surface area contributed by atoms with Crippen LogP contribution in [0.2, 0.25) is 0 Å². The van der Waals surface area contributed by atoms with E-state index < -0.39 is 9.84 Å². The third-order valence-electron chi connectivity index (χ3n) is 5.03. The number of rotatable bonds is 5. The van der Waals surface area contributed by atoms with Gasteiger partial charge in [0.2, 0.25) is 0 Å². The van der Waals surface area contributed by atoms with E-state index >= 15 is 0 Å². The van der Waals surface area contributed by atoms with Crippen molar-refractivity contribution in [3.05, 3.63) is 29.8 Å². The van der Waals surface area contributed by atoms with Gasteiger partial charge in [-0.25, -0.2) is 8.42 Å². The van der Waals surface area contributed by atoms with Crippen molar-refractivity contribution in [3.8, 4) is 0 Å². The molecule has 3 rings (SSSR count). The van der Waals surface area contributed by atoms with Crippen LogP contribution in [0.25, 0.3) is 0 Å². The van der Waals surface area contributed by atoms with Crippen molar-refractivity contribution < 1.29 is 13.2 Å². The average Bonchev–Trinajstić information content (AvgIpc) is 2.55. The maximum absolute atomic E-state index is 12.7. The summed E-state index contributed by atoms with van der Waals surface area (Å²) in [4.78, 5) is 15.3. The molecule has 0 atom stereocenters. The Morgan fingerprint density at radius 1 is 1.12 bits per heavy atom. The molecule has 1 aliphatic heterocycles.